The third-order valence-electron chi connectivity index (χ3n) is 8.14. The van der Waals surface area contributed by atoms with Crippen molar-refractivity contribution in [1.82, 2.24) is 4.90 Å². The molecule has 1 aliphatic heterocycles. The topological polar surface area (TPSA) is 106 Å². The Bertz CT molecular complexity index is 1920. The molecule has 9 nitrogen and oxygen atoms in total. The summed E-state index contributed by atoms with van der Waals surface area (Å²) in [6, 6.07) is 24.4. The van der Waals surface area contributed by atoms with Crippen molar-refractivity contribution < 1.29 is 28.3 Å². The second kappa shape index (κ2) is 13.7. The Balaban J connectivity index is 1.56. The van der Waals surface area contributed by atoms with Crippen LogP contribution in [0.2, 0.25) is 0 Å². The Morgan fingerprint density at radius 2 is 1.37 bits per heavy atom. The van der Waals surface area contributed by atoms with E-state index in [0.717, 1.165) is 39.0 Å². The molecule has 0 saturated heterocycles. The number of benzene rings is 4. The molecule has 0 spiro atoms. The van der Waals surface area contributed by atoms with E-state index in [1.807, 2.05) is 45.2 Å². The molecule has 0 unspecified atom stereocenters. The number of fused-ring (bicyclic) bond motifs is 2. The first-order chi connectivity index (χ1) is 22.1. The van der Waals surface area contributed by atoms with Crippen molar-refractivity contribution in [1.29, 1.82) is 0 Å². The fourth-order valence-electron chi connectivity index (χ4n) is 5.51. The number of rotatable bonds is 10. The molecule has 3 aromatic rings. The smallest absolute Gasteiger partial charge is 0.307 e. The van der Waals surface area contributed by atoms with E-state index >= 15 is 0 Å². The summed E-state index contributed by atoms with van der Waals surface area (Å²) in [6.07, 6.45) is -0.0104. The van der Waals surface area contributed by atoms with Gasteiger partial charge in [-0.2, -0.15) is 0 Å². The van der Waals surface area contributed by atoms with E-state index < -0.39 is 11.9 Å². The average molecular weight is 621 g/mol. The first-order valence-corrected chi connectivity index (χ1v) is 14.9. The zero-order valence-corrected chi connectivity index (χ0v) is 26.6. The molecule has 0 atom stereocenters. The highest BCUT2D eigenvalue weighted by molar-refractivity contribution is 6.04. The highest BCUT2D eigenvalue weighted by Crippen LogP contribution is 2.42. The summed E-state index contributed by atoms with van der Waals surface area (Å²) in [5, 5.41) is 0.854. The minimum atomic E-state index is -0.454. The molecule has 0 N–H and O–H groups in total. The van der Waals surface area contributed by atoms with Gasteiger partial charge in [0.05, 0.1) is 27.1 Å². The van der Waals surface area contributed by atoms with Crippen molar-refractivity contribution in [2.45, 2.75) is 26.7 Å². The Labute approximate surface area is 267 Å². The molecule has 9 heteroatoms. The lowest BCUT2D eigenvalue weighted by molar-refractivity contribution is -0.140. The Kier molecular flexibility index (Phi) is 9.51. The number of hydrogen-bond acceptors (Lipinski definition) is 8. The number of nitrogens with zero attached hydrogens (tertiary/aromatic N) is 2. The molecule has 46 heavy (non-hydrogen) atoms. The fourth-order valence-corrected chi connectivity index (χ4v) is 5.51. The van der Waals surface area contributed by atoms with Gasteiger partial charge in [0.15, 0.2) is 5.43 Å². The quantitative estimate of drug-likeness (QED) is 0.128. The molecular weight excluding hydrogens is 584 g/mol. The van der Waals surface area contributed by atoms with Crippen LogP contribution >= 0.6 is 0 Å². The molecule has 0 bridgehead atoms. The summed E-state index contributed by atoms with van der Waals surface area (Å²) in [7, 11) is 4.57. The lowest BCUT2D eigenvalue weighted by Crippen LogP contribution is -2.35. The third-order valence-corrected chi connectivity index (χ3v) is 8.14. The van der Waals surface area contributed by atoms with Gasteiger partial charge < -0.3 is 23.7 Å². The molecular formula is C37H36N2O7. The number of ether oxygens (including phenoxy) is 2. The average Bonchev–Trinajstić information content (AvgIpc) is 3.06. The zero-order valence-electron chi connectivity index (χ0n) is 26.6. The number of carbonyl (C=O) groups is 3. The highest BCUT2D eigenvalue weighted by Gasteiger charge is 2.23. The molecule has 236 valence electrons. The highest BCUT2D eigenvalue weighted by atomic mass is 16.5. The minimum Gasteiger partial charge on any atom is -0.469 e. The van der Waals surface area contributed by atoms with E-state index in [4.69, 9.17) is 13.9 Å². The van der Waals surface area contributed by atoms with Gasteiger partial charge in [-0.25, -0.2) is 0 Å². The van der Waals surface area contributed by atoms with E-state index in [-0.39, 0.29) is 37.3 Å². The fraction of sp³-hybridized carbons (Fsp3) is 0.243. The van der Waals surface area contributed by atoms with E-state index in [1.165, 1.54) is 36.8 Å². The normalized spacial score (nSPS) is 11.0. The largest absolute Gasteiger partial charge is 0.469 e. The summed E-state index contributed by atoms with van der Waals surface area (Å²) < 4.78 is 15.8. The van der Waals surface area contributed by atoms with Gasteiger partial charge in [0.2, 0.25) is 0 Å². The van der Waals surface area contributed by atoms with Crippen LogP contribution in [-0.2, 0) is 19.1 Å². The molecule has 1 heterocycles. The van der Waals surface area contributed by atoms with Crippen molar-refractivity contribution in [3.05, 3.63) is 106 Å². The predicted molar refractivity (Wildman–Crippen MR) is 178 cm³/mol. The second-order valence-corrected chi connectivity index (χ2v) is 11.2. The second-order valence-electron chi connectivity index (χ2n) is 11.2. The van der Waals surface area contributed by atoms with Crippen molar-refractivity contribution in [3.8, 4) is 22.5 Å². The van der Waals surface area contributed by atoms with Gasteiger partial charge in [-0.15, -0.1) is 0 Å². The molecule has 0 aromatic heterocycles. The summed E-state index contributed by atoms with van der Waals surface area (Å²) >= 11 is 0. The monoisotopic (exact) mass is 620 g/mol. The number of methoxy groups -OCH3 is 2. The maximum absolute atomic E-state index is 13.6. The van der Waals surface area contributed by atoms with E-state index in [9.17, 15) is 19.2 Å². The van der Waals surface area contributed by atoms with Crippen molar-refractivity contribution in [2.75, 3.05) is 39.3 Å². The SMILES string of the molecule is COC(=O)CCN(CCC(=O)OC)C(=O)c1ccc(-c2c3ccc(=O)cc-3oc3cc(N(C)c4ccc(C)cc4)ccc23)c(C)c1. The number of amides is 1. The summed E-state index contributed by atoms with van der Waals surface area (Å²) in [6.45, 7) is 4.15. The number of hydrogen-bond donors (Lipinski definition) is 0. The summed E-state index contributed by atoms with van der Waals surface area (Å²) in [4.78, 5) is 53.1. The van der Waals surface area contributed by atoms with Gasteiger partial charge in [0.25, 0.3) is 5.91 Å². The standard InChI is InChI=1S/C37H36N2O7/c1-23-6-9-26(10-7-23)38(3)27-11-14-30-32(21-27)46-33-22-28(40)12-15-31(33)36(30)29-13-8-25(20-24(29)2)37(43)39(18-16-34(41)44-4)19-17-35(42)45-5/h6-15,20-22H,16-19H2,1-5H3. The predicted octanol–water partition coefficient (Wildman–Crippen LogP) is 6.52. The molecule has 5 rings (SSSR count). The zero-order chi connectivity index (χ0) is 33.0. The number of esters is 2. The van der Waals surface area contributed by atoms with Crippen LogP contribution in [0.15, 0.2) is 88.1 Å². The minimum absolute atomic E-state index is 0.00519. The van der Waals surface area contributed by atoms with Gasteiger partial charge in [-0.3, -0.25) is 19.2 Å². The van der Waals surface area contributed by atoms with Crippen LogP contribution < -0.4 is 10.3 Å². The molecule has 2 aliphatic rings. The van der Waals surface area contributed by atoms with Gasteiger partial charge in [0, 0.05) is 65.7 Å². The van der Waals surface area contributed by atoms with Gasteiger partial charge in [-0.05, 0) is 73.5 Å². The van der Waals surface area contributed by atoms with Crippen LogP contribution in [0.3, 0.4) is 0 Å². The molecule has 0 saturated carbocycles. The Morgan fingerprint density at radius 3 is 2.00 bits per heavy atom. The van der Waals surface area contributed by atoms with E-state index in [1.54, 1.807) is 18.2 Å². The molecule has 1 amide bonds. The number of anilines is 2. The Hall–Kier alpha value is -5.44. The van der Waals surface area contributed by atoms with Gasteiger partial charge >= 0.3 is 11.9 Å². The lowest BCUT2D eigenvalue weighted by Gasteiger charge is -2.23. The van der Waals surface area contributed by atoms with E-state index in [0.29, 0.717) is 16.9 Å². The van der Waals surface area contributed by atoms with Gasteiger partial charge in [0.1, 0.15) is 11.3 Å². The van der Waals surface area contributed by atoms with Crippen LogP contribution in [0.1, 0.15) is 34.3 Å². The summed E-state index contributed by atoms with van der Waals surface area (Å²) in [5.41, 5.74) is 7.33. The van der Waals surface area contributed by atoms with Gasteiger partial charge in [-0.1, -0.05) is 23.8 Å². The maximum Gasteiger partial charge on any atom is 0.307 e. The van der Waals surface area contributed by atoms with Crippen LogP contribution in [0, 0.1) is 13.8 Å². The Morgan fingerprint density at radius 1 is 0.739 bits per heavy atom. The number of aryl methyl sites for hydroxylation is 2. The van der Waals surface area contributed by atoms with Crippen molar-refractivity contribution in [2.24, 2.45) is 0 Å². The van der Waals surface area contributed by atoms with Crippen LogP contribution in [0.4, 0.5) is 11.4 Å². The van der Waals surface area contributed by atoms with Crippen LogP contribution in [0.5, 0.6) is 0 Å². The maximum atomic E-state index is 13.6. The third kappa shape index (κ3) is 6.78. The van der Waals surface area contributed by atoms with Crippen molar-refractivity contribution >= 4 is 40.2 Å². The molecule has 3 aromatic carbocycles. The first kappa shape index (κ1) is 32.0. The molecule has 0 radical (unpaired) electrons. The number of carbonyl (C=O) groups excluding carboxylic acids is 3. The van der Waals surface area contributed by atoms with Crippen LogP contribution in [0.25, 0.3) is 33.4 Å². The molecule has 0 fully saturated rings. The summed E-state index contributed by atoms with van der Waals surface area (Å²) in [5.74, 6) is -0.767. The van der Waals surface area contributed by atoms with E-state index in [2.05, 4.69) is 29.2 Å². The molecule has 1 aliphatic carbocycles. The first-order valence-electron chi connectivity index (χ1n) is 14.9. The van der Waals surface area contributed by atoms with Crippen molar-refractivity contribution in [3.63, 3.8) is 0 Å². The lowest BCUT2D eigenvalue weighted by atomic mass is 9.90. The van der Waals surface area contributed by atoms with Crippen LogP contribution in [-0.4, -0.2) is 57.1 Å².